The number of halogens is 1. The predicted octanol–water partition coefficient (Wildman–Crippen LogP) is 1.44. The molecule has 23 heavy (non-hydrogen) atoms. The highest BCUT2D eigenvalue weighted by atomic mass is 32.2. The molecule has 0 radical (unpaired) electrons. The second-order valence-electron chi connectivity index (χ2n) is 4.84. The minimum atomic E-state index is -4.12. The lowest BCUT2D eigenvalue weighted by Gasteiger charge is -2.13. The van der Waals surface area contributed by atoms with Gasteiger partial charge in [0.2, 0.25) is 10.0 Å². The molecule has 0 bridgehead atoms. The van der Waals surface area contributed by atoms with E-state index in [0.29, 0.717) is 5.69 Å². The molecule has 2 N–H and O–H groups in total. The molecule has 1 unspecified atom stereocenters. The molecule has 0 amide bonds. The molecule has 2 aromatic rings. The monoisotopic (exact) mass is 338 g/mol. The quantitative estimate of drug-likeness (QED) is 0.796. The molecular weight excluding hydrogens is 323 g/mol. The van der Waals surface area contributed by atoms with Crippen LogP contribution in [0.2, 0.25) is 0 Å². The fourth-order valence-corrected chi connectivity index (χ4v) is 3.13. The molecular formula is C15H15FN2O4S. The van der Waals surface area contributed by atoms with E-state index >= 15 is 0 Å². The number of rotatable bonds is 7. The summed E-state index contributed by atoms with van der Waals surface area (Å²) >= 11 is 0. The molecule has 1 aromatic carbocycles. The zero-order valence-corrected chi connectivity index (χ0v) is 12.8. The molecule has 0 aliphatic carbocycles. The molecule has 0 saturated carbocycles. The van der Waals surface area contributed by atoms with E-state index in [2.05, 4.69) is 9.71 Å². The van der Waals surface area contributed by atoms with Crippen LogP contribution in [0, 0.1) is 11.7 Å². The lowest BCUT2D eigenvalue weighted by atomic mass is 10.0. The molecule has 0 spiro atoms. The van der Waals surface area contributed by atoms with Crippen LogP contribution in [-0.2, 0) is 21.2 Å². The Morgan fingerprint density at radius 1 is 1.22 bits per heavy atom. The zero-order chi connectivity index (χ0) is 16.9. The average Bonchev–Trinajstić information content (AvgIpc) is 2.52. The van der Waals surface area contributed by atoms with E-state index in [1.165, 1.54) is 18.3 Å². The fraction of sp³-hybridized carbons (Fsp3) is 0.200. The number of benzene rings is 1. The van der Waals surface area contributed by atoms with Crippen molar-refractivity contribution in [1.29, 1.82) is 0 Å². The molecule has 6 nitrogen and oxygen atoms in total. The van der Waals surface area contributed by atoms with Gasteiger partial charge >= 0.3 is 5.97 Å². The van der Waals surface area contributed by atoms with Crippen molar-refractivity contribution in [3.8, 4) is 0 Å². The van der Waals surface area contributed by atoms with Crippen molar-refractivity contribution >= 4 is 16.0 Å². The highest BCUT2D eigenvalue weighted by Crippen LogP contribution is 2.14. The smallest absolute Gasteiger partial charge is 0.308 e. The summed E-state index contributed by atoms with van der Waals surface area (Å²) in [6.07, 6.45) is 1.59. The van der Waals surface area contributed by atoms with Crippen LogP contribution >= 0.6 is 0 Å². The van der Waals surface area contributed by atoms with Crippen molar-refractivity contribution in [3.05, 3.63) is 60.2 Å². The number of carboxylic acid groups (broad SMARTS) is 1. The molecule has 1 atom stereocenters. The van der Waals surface area contributed by atoms with Gasteiger partial charge in [0.25, 0.3) is 0 Å². The van der Waals surface area contributed by atoms with Crippen molar-refractivity contribution < 1.29 is 22.7 Å². The van der Waals surface area contributed by atoms with Crippen LogP contribution in [0.5, 0.6) is 0 Å². The van der Waals surface area contributed by atoms with Gasteiger partial charge in [-0.2, -0.15) is 0 Å². The SMILES string of the molecule is O=C(O)C(CNS(=O)(=O)c1ccccc1F)Cc1ccccn1. The highest BCUT2D eigenvalue weighted by molar-refractivity contribution is 7.89. The summed E-state index contributed by atoms with van der Waals surface area (Å²) in [6, 6.07) is 9.96. The van der Waals surface area contributed by atoms with Gasteiger partial charge in [-0.1, -0.05) is 18.2 Å². The van der Waals surface area contributed by atoms with Crippen LogP contribution in [0.25, 0.3) is 0 Å². The molecule has 1 aromatic heterocycles. The van der Waals surface area contributed by atoms with E-state index < -0.39 is 32.6 Å². The van der Waals surface area contributed by atoms with E-state index in [1.54, 1.807) is 18.2 Å². The predicted molar refractivity (Wildman–Crippen MR) is 80.7 cm³/mol. The first-order valence-corrected chi connectivity index (χ1v) is 8.25. The topological polar surface area (TPSA) is 96.4 Å². The Bertz CT molecular complexity index is 781. The maximum atomic E-state index is 13.6. The van der Waals surface area contributed by atoms with Gasteiger partial charge in [-0.15, -0.1) is 0 Å². The van der Waals surface area contributed by atoms with Crippen molar-refractivity contribution in [2.75, 3.05) is 6.54 Å². The summed E-state index contributed by atoms with van der Waals surface area (Å²) in [4.78, 5) is 14.8. The molecule has 0 saturated heterocycles. The van der Waals surface area contributed by atoms with Gasteiger partial charge in [0.15, 0.2) is 0 Å². The summed E-state index contributed by atoms with van der Waals surface area (Å²) in [7, 11) is -4.12. The summed E-state index contributed by atoms with van der Waals surface area (Å²) in [6.45, 7) is -0.359. The maximum Gasteiger partial charge on any atom is 0.308 e. The van der Waals surface area contributed by atoms with Gasteiger partial charge in [-0.05, 0) is 24.3 Å². The highest BCUT2D eigenvalue weighted by Gasteiger charge is 2.24. The Kier molecular flexibility index (Phi) is 5.41. The third-order valence-corrected chi connectivity index (χ3v) is 4.63. The number of nitrogens with one attached hydrogen (secondary N) is 1. The Balaban J connectivity index is 2.10. The second kappa shape index (κ2) is 7.30. The van der Waals surface area contributed by atoms with E-state index in [9.17, 15) is 22.7 Å². The first kappa shape index (κ1) is 17.0. The number of nitrogens with zero attached hydrogens (tertiary/aromatic N) is 1. The van der Waals surface area contributed by atoms with Crippen LogP contribution in [0.1, 0.15) is 5.69 Å². The third kappa shape index (κ3) is 4.57. The summed E-state index contributed by atoms with van der Waals surface area (Å²) in [5.74, 6) is -3.06. The number of hydrogen-bond acceptors (Lipinski definition) is 4. The average molecular weight is 338 g/mol. The maximum absolute atomic E-state index is 13.6. The van der Waals surface area contributed by atoms with Gasteiger partial charge in [0.1, 0.15) is 10.7 Å². The zero-order valence-electron chi connectivity index (χ0n) is 12.0. The van der Waals surface area contributed by atoms with E-state index in [-0.39, 0.29) is 13.0 Å². The van der Waals surface area contributed by atoms with Gasteiger partial charge < -0.3 is 5.11 Å². The van der Waals surface area contributed by atoms with Gasteiger partial charge in [0.05, 0.1) is 5.92 Å². The van der Waals surface area contributed by atoms with Crippen molar-refractivity contribution in [2.45, 2.75) is 11.3 Å². The normalized spacial score (nSPS) is 12.7. The Labute approximate surface area is 133 Å². The molecule has 8 heteroatoms. The van der Waals surface area contributed by atoms with Crippen LogP contribution < -0.4 is 4.72 Å². The van der Waals surface area contributed by atoms with E-state index in [0.717, 1.165) is 12.1 Å². The number of hydrogen-bond donors (Lipinski definition) is 2. The molecule has 0 fully saturated rings. The summed E-state index contributed by atoms with van der Waals surface area (Å²) in [5.41, 5.74) is 0.532. The number of pyridine rings is 1. The molecule has 1 heterocycles. The summed E-state index contributed by atoms with van der Waals surface area (Å²) in [5, 5.41) is 9.22. The molecule has 122 valence electrons. The lowest BCUT2D eigenvalue weighted by molar-refractivity contribution is -0.141. The second-order valence-corrected chi connectivity index (χ2v) is 6.58. The Morgan fingerprint density at radius 2 is 1.91 bits per heavy atom. The van der Waals surface area contributed by atoms with E-state index in [4.69, 9.17) is 0 Å². The standard InChI is InChI=1S/C15H15FN2O4S/c16-13-6-1-2-7-14(13)23(21,22)18-10-11(15(19)20)9-12-5-3-4-8-17-12/h1-8,11,18H,9-10H2,(H,19,20). The minimum absolute atomic E-state index is 0.0654. The van der Waals surface area contributed by atoms with E-state index in [1.807, 2.05) is 0 Å². The molecule has 0 aliphatic heterocycles. The molecule has 0 aliphatic rings. The van der Waals surface area contributed by atoms with Crippen LogP contribution in [0.4, 0.5) is 4.39 Å². The van der Waals surface area contributed by atoms with Crippen molar-refractivity contribution in [2.24, 2.45) is 5.92 Å². The number of carbonyl (C=O) groups is 1. The number of sulfonamides is 1. The Hall–Kier alpha value is -2.32. The number of aliphatic carboxylic acids is 1. The van der Waals surface area contributed by atoms with Crippen molar-refractivity contribution in [3.63, 3.8) is 0 Å². The van der Waals surface area contributed by atoms with Crippen molar-refractivity contribution in [1.82, 2.24) is 9.71 Å². The summed E-state index contributed by atoms with van der Waals surface area (Å²) < 4.78 is 39.9. The van der Waals surface area contributed by atoms with Gasteiger partial charge in [0, 0.05) is 24.9 Å². The van der Waals surface area contributed by atoms with Crippen LogP contribution in [0.3, 0.4) is 0 Å². The van der Waals surface area contributed by atoms with Gasteiger partial charge in [-0.25, -0.2) is 17.5 Å². The lowest BCUT2D eigenvalue weighted by Crippen LogP contribution is -2.34. The van der Waals surface area contributed by atoms with Gasteiger partial charge in [-0.3, -0.25) is 9.78 Å². The number of aromatic nitrogens is 1. The minimum Gasteiger partial charge on any atom is -0.481 e. The largest absolute Gasteiger partial charge is 0.481 e. The number of carboxylic acids is 1. The van der Waals surface area contributed by atoms with Crippen LogP contribution in [0.15, 0.2) is 53.6 Å². The Morgan fingerprint density at radius 3 is 2.52 bits per heavy atom. The first-order valence-electron chi connectivity index (χ1n) is 6.77. The third-order valence-electron chi connectivity index (χ3n) is 3.18. The first-order chi connectivity index (χ1) is 10.9. The fourth-order valence-electron chi connectivity index (χ4n) is 1.97. The molecule has 2 rings (SSSR count). The van der Waals surface area contributed by atoms with Crippen LogP contribution in [-0.4, -0.2) is 31.0 Å².